The fourth-order valence-electron chi connectivity index (χ4n) is 4.03. The van der Waals surface area contributed by atoms with E-state index in [4.69, 9.17) is 4.74 Å². The highest BCUT2D eigenvalue weighted by Crippen LogP contribution is 2.23. The summed E-state index contributed by atoms with van der Waals surface area (Å²) in [5.41, 5.74) is 3.43. The Kier molecular flexibility index (Phi) is 4.20. The van der Waals surface area contributed by atoms with Crippen LogP contribution >= 0.6 is 0 Å². The summed E-state index contributed by atoms with van der Waals surface area (Å²) in [4.78, 5) is 25.8. The maximum atomic E-state index is 13.1. The van der Waals surface area contributed by atoms with Gasteiger partial charge in [-0.05, 0) is 24.5 Å². The van der Waals surface area contributed by atoms with Crippen molar-refractivity contribution >= 4 is 17.5 Å². The molecule has 4 heterocycles. The van der Waals surface area contributed by atoms with Gasteiger partial charge in [0.25, 0.3) is 11.7 Å². The van der Waals surface area contributed by atoms with E-state index in [1.54, 1.807) is 4.52 Å². The van der Waals surface area contributed by atoms with E-state index >= 15 is 0 Å². The molecule has 1 aromatic carbocycles. The summed E-state index contributed by atoms with van der Waals surface area (Å²) in [7, 11) is 0. The van der Waals surface area contributed by atoms with Crippen molar-refractivity contribution in [1.29, 1.82) is 0 Å². The highest BCUT2D eigenvalue weighted by atomic mass is 16.5. The summed E-state index contributed by atoms with van der Waals surface area (Å²) < 4.78 is 7.58. The Morgan fingerprint density at radius 2 is 2.07 bits per heavy atom. The number of hydrogen-bond acceptors (Lipinski definition) is 6. The molecule has 144 valence electrons. The van der Waals surface area contributed by atoms with Gasteiger partial charge in [-0.3, -0.25) is 4.79 Å². The minimum atomic E-state index is -0.481. The molecule has 8 nitrogen and oxygen atoms in total. The first kappa shape index (κ1) is 17.1. The van der Waals surface area contributed by atoms with E-state index in [1.165, 1.54) is 17.5 Å². The average molecular weight is 378 g/mol. The third kappa shape index (κ3) is 2.99. The third-order valence-corrected chi connectivity index (χ3v) is 5.47. The van der Waals surface area contributed by atoms with Gasteiger partial charge < -0.3 is 14.5 Å². The number of ether oxygens (including phenoxy) is 1. The molecule has 5 rings (SSSR count). The number of anilines is 1. The van der Waals surface area contributed by atoms with Crippen molar-refractivity contribution in [2.45, 2.75) is 26.0 Å². The van der Waals surface area contributed by atoms with Crippen molar-refractivity contribution in [1.82, 2.24) is 24.5 Å². The van der Waals surface area contributed by atoms with Crippen molar-refractivity contribution in [3.8, 4) is 0 Å². The normalized spacial score (nSPS) is 19.7. The fraction of sp³-hybridized carbons (Fsp3) is 0.400. The molecule has 2 aliphatic rings. The van der Waals surface area contributed by atoms with Gasteiger partial charge in [-0.2, -0.15) is 14.6 Å². The molecule has 0 spiro atoms. The quantitative estimate of drug-likeness (QED) is 0.668. The van der Waals surface area contributed by atoms with Crippen LogP contribution < -0.4 is 4.90 Å². The van der Waals surface area contributed by atoms with Crippen molar-refractivity contribution < 1.29 is 9.53 Å². The maximum absolute atomic E-state index is 13.1. The maximum Gasteiger partial charge on any atom is 0.254 e. The Balaban J connectivity index is 1.36. The topological polar surface area (TPSA) is 75.9 Å². The van der Waals surface area contributed by atoms with Gasteiger partial charge >= 0.3 is 0 Å². The number of aromatic nitrogens is 4. The molecule has 0 radical (unpaired) electrons. The van der Waals surface area contributed by atoms with Crippen molar-refractivity contribution in [2.24, 2.45) is 0 Å². The molecule has 1 amide bonds. The molecule has 0 N–H and O–H groups in total. The number of carbonyl (C=O) groups excluding carboxylic acids is 1. The second-order valence-corrected chi connectivity index (χ2v) is 7.31. The zero-order valence-corrected chi connectivity index (χ0v) is 15.8. The van der Waals surface area contributed by atoms with Crippen LogP contribution in [0.5, 0.6) is 0 Å². The van der Waals surface area contributed by atoms with Crippen LogP contribution in [0.1, 0.15) is 16.8 Å². The van der Waals surface area contributed by atoms with E-state index in [2.05, 4.69) is 38.2 Å². The lowest BCUT2D eigenvalue weighted by molar-refractivity contribution is -0.145. The van der Waals surface area contributed by atoms with Gasteiger partial charge in [-0.1, -0.05) is 24.3 Å². The van der Waals surface area contributed by atoms with E-state index in [1.807, 2.05) is 24.0 Å². The zero-order chi connectivity index (χ0) is 19.1. The smallest absolute Gasteiger partial charge is 0.254 e. The van der Waals surface area contributed by atoms with Gasteiger partial charge in [0.2, 0.25) is 0 Å². The van der Waals surface area contributed by atoms with Gasteiger partial charge in [0.05, 0.1) is 13.2 Å². The first-order valence-corrected chi connectivity index (χ1v) is 9.58. The van der Waals surface area contributed by atoms with E-state index in [9.17, 15) is 4.79 Å². The summed E-state index contributed by atoms with van der Waals surface area (Å²) in [5, 5.41) is 4.28. The molecule has 8 heteroatoms. The van der Waals surface area contributed by atoms with Gasteiger partial charge in [0.15, 0.2) is 6.10 Å². The number of fused-ring (bicyclic) bond motifs is 2. The van der Waals surface area contributed by atoms with Gasteiger partial charge in [0, 0.05) is 31.4 Å². The van der Waals surface area contributed by atoms with Crippen LogP contribution in [0.2, 0.25) is 0 Å². The Bertz CT molecular complexity index is 1030. The van der Waals surface area contributed by atoms with E-state index < -0.39 is 6.10 Å². The van der Waals surface area contributed by atoms with Gasteiger partial charge in [-0.25, -0.2) is 4.98 Å². The molecule has 0 aliphatic carbocycles. The standard InChI is InChI=1S/C20H22N6O2/c1-14-10-18(26-20(23-14)21-13-22-26)24-8-9-28-17(12-24)19(27)25-7-6-15-4-2-3-5-16(15)11-25/h2-5,10,13,17H,6-9,11-12H2,1H3. The zero-order valence-electron chi connectivity index (χ0n) is 15.8. The van der Waals surface area contributed by atoms with Gasteiger partial charge in [-0.15, -0.1) is 0 Å². The fourth-order valence-corrected chi connectivity index (χ4v) is 4.03. The Morgan fingerprint density at radius 3 is 2.96 bits per heavy atom. The molecule has 2 aliphatic heterocycles. The monoisotopic (exact) mass is 378 g/mol. The minimum Gasteiger partial charge on any atom is -0.365 e. The number of carbonyl (C=O) groups is 1. The molecule has 1 fully saturated rings. The lowest BCUT2D eigenvalue weighted by Crippen LogP contribution is -2.52. The summed E-state index contributed by atoms with van der Waals surface area (Å²) >= 11 is 0. The number of hydrogen-bond donors (Lipinski definition) is 0. The summed E-state index contributed by atoms with van der Waals surface area (Å²) in [6, 6.07) is 10.3. The SMILES string of the molecule is Cc1cc(N2CCOC(C(=O)N3CCc4ccccc4C3)C2)n2ncnc2n1. The summed E-state index contributed by atoms with van der Waals surface area (Å²) in [5.74, 6) is 1.52. The largest absolute Gasteiger partial charge is 0.365 e. The molecule has 3 aromatic rings. The lowest BCUT2D eigenvalue weighted by atomic mass is 9.99. The van der Waals surface area contributed by atoms with Crippen LogP contribution in [-0.4, -0.2) is 62.7 Å². The van der Waals surface area contributed by atoms with E-state index in [0.717, 1.165) is 24.5 Å². The minimum absolute atomic E-state index is 0.0554. The number of nitrogens with zero attached hydrogens (tertiary/aromatic N) is 6. The first-order valence-electron chi connectivity index (χ1n) is 9.58. The molecular formula is C20H22N6O2. The summed E-state index contributed by atoms with van der Waals surface area (Å²) in [6.07, 6.45) is 1.91. The van der Waals surface area contributed by atoms with Crippen LogP contribution in [0.4, 0.5) is 5.82 Å². The van der Waals surface area contributed by atoms with Crippen LogP contribution in [0.3, 0.4) is 0 Å². The first-order chi connectivity index (χ1) is 13.7. The Labute approximate surface area is 162 Å². The molecular weight excluding hydrogens is 356 g/mol. The summed E-state index contributed by atoms with van der Waals surface area (Å²) in [6.45, 7) is 5.01. The lowest BCUT2D eigenvalue weighted by Gasteiger charge is -2.37. The molecule has 1 atom stereocenters. The van der Waals surface area contributed by atoms with Crippen LogP contribution in [-0.2, 0) is 22.5 Å². The van der Waals surface area contributed by atoms with Crippen molar-refractivity contribution in [3.05, 3.63) is 53.5 Å². The number of morpholine rings is 1. The molecule has 1 saturated heterocycles. The number of aryl methyl sites for hydroxylation is 1. The highest BCUT2D eigenvalue weighted by Gasteiger charge is 2.32. The van der Waals surface area contributed by atoms with Crippen LogP contribution in [0, 0.1) is 6.92 Å². The highest BCUT2D eigenvalue weighted by molar-refractivity contribution is 5.82. The van der Waals surface area contributed by atoms with Gasteiger partial charge in [0.1, 0.15) is 12.1 Å². The van der Waals surface area contributed by atoms with Crippen molar-refractivity contribution in [2.75, 3.05) is 31.1 Å². The van der Waals surface area contributed by atoms with Crippen molar-refractivity contribution in [3.63, 3.8) is 0 Å². The van der Waals surface area contributed by atoms with Crippen LogP contribution in [0.15, 0.2) is 36.7 Å². The van der Waals surface area contributed by atoms with E-state index in [-0.39, 0.29) is 5.91 Å². The number of rotatable bonds is 2. The second-order valence-electron chi connectivity index (χ2n) is 7.31. The third-order valence-electron chi connectivity index (χ3n) is 5.47. The Hall–Kier alpha value is -3.00. The second kappa shape index (κ2) is 6.87. The number of benzene rings is 1. The molecule has 28 heavy (non-hydrogen) atoms. The Morgan fingerprint density at radius 1 is 1.21 bits per heavy atom. The number of amides is 1. The molecule has 1 unspecified atom stereocenters. The predicted octanol–water partition coefficient (Wildman–Crippen LogP) is 1.22. The average Bonchev–Trinajstić information content (AvgIpc) is 3.20. The molecule has 0 bridgehead atoms. The molecule has 0 saturated carbocycles. The van der Waals surface area contributed by atoms with Crippen LogP contribution in [0.25, 0.3) is 5.78 Å². The molecule has 2 aromatic heterocycles. The predicted molar refractivity (Wildman–Crippen MR) is 103 cm³/mol. The van der Waals surface area contributed by atoms with E-state index in [0.29, 0.717) is 32.0 Å².